The third-order valence-electron chi connectivity index (χ3n) is 4.59. The smallest absolute Gasteiger partial charge is 0.295 e. The summed E-state index contributed by atoms with van der Waals surface area (Å²) >= 11 is 0. The monoisotopic (exact) mass is 391 g/mol. The first-order valence-electron chi connectivity index (χ1n) is 9.02. The molecule has 4 aromatic rings. The Balaban J connectivity index is 1.70. The summed E-state index contributed by atoms with van der Waals surface area (Å²) in [6, 6.07) is 15.0. The molecule has 29 heavy (non-hydrogen) atoms. The van der Waals surface area contributed by atoms with Gasteiger partial charge in [-0.1, -0.05) is 24.3 Å². The molecule has 0 saturated carbocycles. The topological polar surface area (TPSA) is 81.8 Å². The predicted octanol–water partition coefficient (Wildman–Crippen LogP) is 2.98. The van der Waals surface area contributed by atoms with Crippen molar-refractivity contribution in [1.29, 1.82) is 0 Å². The summed E-state index contributed by atoms with van der Waals surface area (Å²) in [7, 11) is 0. The first-order valence-corrected chi connectivity index (χ1v) is 9.02. The zero-order valence-corrected chi connectivity index (χ0v) is 15.9. The highest BCUT2D eigenvalue weighted by atomic mass is 19.1. The van der Waals surface area contributed by atoms with Gasteiger partial charge in [-0.2, -0.15) is 10.2 Å². The number of aryl methyl sites for hydroxylation is 2. The summed E-state index contributed by atoms with van der Waals surface area (Å²) in [5.74, 6) is -0.944. The minimum atomic E-state index is -0.483. The van der Waals surface area contributed by atoms with E-state index in [2.05, 4.69) is 15.5 Å². The Morgan fingerprint density at radius 2 is 1.83 bits per heavy atom. The lowest BCUT2D eigenvalue weighted by Gasteiger charge is -2.08. The Morgan fingerprint density at radius 3 is 2.55 bits per heavy atom. The number of nitrogens with one attached hydrogen (secondary N) is 1. The van der Waals surface area contributed by atoms with E-state index in [4.69, 9.17) is 0 Å². The number of rotatable bonds is 4. The summed E-state index contributed by atoms with van der Waals surface area (Å²) in [6.45, 7) is 3.34. The maximum Gasteiger partial charge on any atom is 0.295 e. The Morgan fingerprint density at radius 1 is 1.07 bits per heavy atom. The molecular weight excluding hydrogens is 373 g/mol. The van der Waals surface area contributed by atoms with Gasteiger partial charge < -0.3 is 5.32 Å². The number of hydrogen-bond acceptors (Lipinski definition) is 4. The fourth-order valence-electron chi connectivity index (χ4n) is 3.31. The van der Waals surface area contributed by atoms with Gasteiger partial charge in [0.05, 0.1) is 22.5 Å². The third-order valence-corrected chi connectivity index (χ3v) is 4.59. The fraction of sp³-hybridized carbons (Fsp3) is 0.143. The first-order chi connectivity index (χ1) is 13.9. The van der Waals surface area contributed by atoms with E-state index >= 15 is 0 Å². The van der Waals surface area contributed by atoms with Gasteiger partial charge in [0.1, 0.15) is 12.4 Å². The number of aromatic nitrogens is 4. The second kappa shape index (κ2) is 7.31. The van der Waals surface area contributed by atoms with E-state index in [0.717, 1.165) is 16.1 Å². The van der Waals surface area contributed by atoms with Crippen LogP contribution in [0.1, 0.15) is 11.4 Å². The van der Waals surface area contributed by atoms with E-state index in [1.807, 2.05) is 37.3 Å². The number of carbonyl (C=O) groups excluding carboxylic acids is 1. The van der Waals surface area contributed by atoms with E-state index in [1.54, 1.807) is 17.7 Å². The molecule has 0 saturated heterocycles. The average molecular weight is 391 g/mol. The van der Waals surface area contributed by atoms with E-state index in [-0.39, 0.29) is 12.1 Å². The van der Waals surface area contributed by atoms with E-state index in [9.17, 15) is 14.0 Å². The van der Waals surface area contributed by atoms with Gasteiger partial charge in [0.15, 0.2) is 5.52 Å². The minimum Gasteiger partial charge on any atom is -0.324 e. The van der Waals surface area contributed by atoms with Crippen molar-refractivity contribution in [2.45, 2.75) is 20.4 Å². The number of fused-ring (bicyclic) bond motifs is 1. The molecule has 2 aromatic carbocycles. The molecule has 0 fully saturated rings. The first kappa shape index (κ1) is 18.5. The van der Waals surface area contributed by atoms with Crippen LogP contribution >= 0.6 is 0 Å². The van der Waals surface area contributed by atoms with Crippen molar-refractivity contribution in [2.75, 3.05) is 5.32 Å². The van der Waals surface area contributed by atoms with Crippen molar-refractivity contribution in [2.24, 2.45) is 0 Å². The van der Waals surface area contributed by atoms with Crippen molar-refractivity contribution in [1.82, 2.24) is 19.6 Å². The molecule has 0 aliphatic heterocycles. The maximum absolute atomic E-state index is 13.3. The second-order valence-electron chi connectivity index (χ2n) is 6.66. The zero-order chi connectivity index (χ0) is 20.5. The quantitative estimate of drug-likeness (QED) is 0.580. The number of hydrogen-bond donors (Lipinski definition) is 1. The molecule has 0 unspecified atom stereocenters. The van der Waals surface area contributed by atoms with Crippen LogP contribution in [0.5, 0.6) is 0 Å². The molecule has 0 bridgehead atoms. The summed E-state index contributed by atoms with van der Waals surface area (Å²) in [5, 5.41) is 12.0. The molecule has 0 radical (unpaired) electrons. The molecular formula is C21H18FN5O2. The molecule has 2 aromatic heterocycles. The summed E-state index contributed by atoms with van der Waals surface area (Å²) < 4.78 is 16.1. The van der Waals surface area contributed by atoms with Crippen molar-refractivity contribution in [3.63, 3.8) is 0 Å². The summed E-state index contributed by atoms with van der Waals surface area (Å²) in [5.41, 5.74) is 2.32. The Labute approximate surface area is 165 Å². The van der Waals surface area contributed by atoms with Gasteiger partial charge in [-0.05, 0) is 44.2 Å². The molecule has 4 rings (SSSR count). The highest BCUT2D eigenvalue weighted by Gasteiger charge is 2.18. The van der Waals surface area contributed by atoms with Crippen LogP contribution in [0.4, 0.5) is 10.1 Å². The van der Waals surface area contributed by atoms with Gasteiger partial charge in [0.25, 0.3) is 5.56 Å². The predicted molar refractivity (Wildman–Crippen MR) is 108 cm³/mol. The highest BCUT2D eigenvalue weighted by Crippen LogP contribution is 2.20. The lowest BCUT2D eigenvalue weighted by molar-refractivity contribution is -0.117. The Hall–Kier alpha value is -3.81. The molecule has 2 heterocycles. The standard InChI is InChI=1S/C21H18FN5O2/c1-13-19-14(2)27(17-9-4-3-5-10-17)25-20(19)21(29)26(24-13)12-18(28)23-16-8-6-7-15(22)11-16/h3-11H,12H2,1-2H3,(H,23,28). The van der Waals surface area contributed by atoms with Gasteiger partial charge in [-0.25, -0.2) is 13.8 Å². The van der Waals surface area contributed by atoms with Gasteiger partial charge in [0, 0.05) is 5.69 Å². The van der Waals surface area contributed by atoms with Crippen molar-refractivity contribution >= 4 is 22.5 Å². The van der Waals surface area contributed by atoms with Gasteiger partial charge in [0.2, 0.25) is 5.91 Å². The molecule has 0 spiro atoms. The number of carbonyl (C=O) groups is 1. The molecule has 1 amide bonds. The number of benzene rings is 2. The number of anilines is 1. The number of halogens is 1. The van der Waals surface area contributed by atoms with Gasteiger partial charge in [-0.3, -0.25) is 9.59 Å². The number of para-hydroxylation sites is 1. The van der Waals surface area contributed by atoms with E-state index in [1.165, 1.54) is 18.2 Å². The molecule has 8 heteroatoms. The highest BCUT2D eigenvalue weighted by molar-refractivity contribution is 5.90. The molecule has 146 valence electrons. The van der Waals surface area contributed by atoms with Crippen molar-refractivity contribution < 1.29 is 9.18 Å². The SMILES string of the molecule is Cc1nn(CC(=O)Nc2cccc(F)c2)c(=O)c2nn(-c3ccccc3)c(C)c12. The normalized spacial score (nSPS) is 11.0. The summed E-state index contributed by atoms with van der Waals surface area (Å²) in [4.78, 5) is 25.2. The van der Waals surface area contributed by atoms with Crippen LogP contribution in [-0.4, -0.2) is 25.5 Å². The van der Waals surface area contributed by atoms with Crippen LogP contribution in [0.3, 0.4) is 0 Å². The van der Waals surface area contributed by atoms with Crippen LogP contribution in [-0.2, 0) is 11.3 Å². The second-order valence-corrected chi connectivity index (χ2v) is 6.66. The van der Waals surface area contributed by atoms with Crippen LogP contribution in [0.2, 0.25) is 0 Å². The number of amides is 1. The van der Waals surface area contributed by atoms with Crippen LogP contribution in [0.25, 0.3) is 16.6 Å². The average Bonchev–Trinajstić information content (AvgIpc) is 3.04. The van der Waals surface area contributed by atoms with Crippen LogP contribution < -0.4 is 10.9 Å². The van der Waals surface area contributed by atoms with Crippen LogP contribution in [0, 0.1) is 19.7 Å². The lowest BCUT2D eigenvalue weighted by Crippen LogP contribution is -2.30. The van der Waals surface area contributed by atoms with Crippen LogP contribution in [0.15, 0.2) is 59.4 Å². The van der Waals surface area contributed by atoms with Crippen molar-refractivity contribution in [3.05, 3.63) is 82.2 Å². The molecule has 0 aliphatic carbocycles. The molecule has 7 nitrogen and oxygen atoms in total. The fourth-order valence-corrected chi connectivity index (χ4v) is 3.31. The minimum absolute atomic E-state index is 0.248. The maximum atomic E-state index is 13.3. The zero-order valence-electron chi connectivity index (χ0n) is 15.9. The van der Waals surface area contributed by atoms with E-state index in [0.29, 0.717) is 16.8 Å². The molecule has 0 atom stereocenters. The van der Waals surface area contributed by atoms with Gasteiger partial charge >= 0.3 is 0 Å². The Kier molecular flexibility index (Phi) is 4.67. The molecule has 1 N–H and O–H groups in total. The summed E-state index contributed by atoms with van der Waals surface area (Å²) in [6.07, 6.45) is 0. The lowest BCUT2D eigenvalue weighted by atomic mass is 10.2. The molecule has 0 aliphatic rings. The third kappa shape index (κ3) is 3.52. The van der Waals surface area contributed by atoms with E-state index < -0.39 is 17.3 Å². The van der Waals surface area contributed by atoms with Crippen molar-refractivity contribution in [3.8, 4) is 5.69 Å². The Bertz CT molecular complexity index is 1280. The number of nitrogens with zero attached hydrogens (tertiary/aromatic N) is 4. The van der Waals surface area contributed by atoms with Gasteiger partial charge in [-0.15, -0.1) is 0 Å². The largest absolute Gasteiger partial charge is 0.324 e.